The zero-order valence-corrected chi connectivity index (χ0v) is 15.3. The van der Waals surface area contributed by atoms with E-state index in [1.807, 2.05) is 23.2 Å². The molecule has 2 aliphatic heterocycles. The second-order valence-electron chi connectivity index (χ2n) is 7.39. The number of aromatic nitrogens is 3. The first-order valence-electron chi connectivity index (χ1n) is 9.51. The molecule has 5 nitrogen and oxygen atoms in total. The molecular formula is C22H19FN4O. The minimum atomic E-state index is -0.275. The number of carbonyl (C=O) groups is 1. The highest BCUT2D eigenvalue weighted by Crippen LogP contribution is 2.43. The smallest absolute Gasteiger partial charge is 0.227 e. The maximum absolute atomic E-state index is 13.2. The van der Waals surface area contributed by atoms with Crippen molar-refractivity contribution in [2.45, 2.75) is 37.8 Å². The summed E-state index contributed by atoms with van der Waals surface area (Å²) in [5.41, 5.74) is 3.78. The third kappa shape index (κ3) is 2.95. The molecule has 0 spiro atoms. The number of carbonyl (C=O) groups excluding carboxylic acids is 1. The highest BCUT2D eigenvalue weighted by molar-refractivity contribution is 5.80. The van der Waals surface area contributed by atoms with Crippen LogP contribution >= 0.6 is 0 Å². The fraction of sp³-hybridized carbons (Fsp3) is 0.273. The van der Waals surface area contributed by atoms with Gasteiger partial charge in [0, 0.05) is 42.2 Å². The lowest BCUT2D eigenvalue weighted by atomic mass is 9.98. The molecule has 3 aromatic rings. The summed E-state index contributed by atoms with van der Waals surface area (Å²) < 4.78 is 13.2. The van der Waals surface area contributed by atoms with E-state index in [1.165, 1.54) is 12.1 Å². The SMILES string of the molecule is O=C(Cc1cccnc1)N1C2CCC1c1cnc(-c3ccc(F)cc3)nc1C2. The lowest BCUT2D eigenvalue weighted by Crippen LogP contribution is -2.43. The van der Waals surface area contributed by atoms with Gasteiger partial charge in [-0.15, -0.1) is 0 Å². The van der Waals surface area contributed by atoms with E-state index in [2.05, 4.69) is 9.97 Å². The number of hydrogen-bond donors (Lipinski definition) is 0. The zero-order valence-electron chi connectivity index (χ0n) is 15.3. The van der Waals surface area contributed by atoms with Crippen molar-refractivity contribution < 1.29 is 9.18 Å². The number of rotatable bonds is 3. The molecule has 2 unspecified atom stereocenters. The number of halogens is 1. The Morgan fingerprint density at radius 1 is 1.14 bits per heavy atom. The summed E-state index contributed by atoms with van der Waals surface area (Å²) in [6.07, 6.45) is 8.33. The van der Waals surface area contributed by atoms with Crippen molar-refractivity contribution >= 4 is 5.91 Å². The molecule has 2 aromatic heterocycles. The van der Waals surface area contributed by atoms with E-state index in [4.69, 9.17) is 4.98 Å². The monoisotopic (exact) mass is 374 g/mol. The molecule has 2 bridgehead atoms. The summed E-state index contributed by atoms with van der Waals surface area (Å²) in [5, 5.41) is 0. The molecule has 4 heterocycles. The fourth-order valence-electron chi connectivity index (χ4n) is 4.36. The molecular weight excluding hydrogens is 355 g/mol. The quantitative estimate of drug-likeness (QED) is 0.704. The van der Waals surface area contributed by atoms with Gasteiger partial charge >= 0.3 is 0 Å². The summed E-state index contributed by atoms with van der Waals surface area (Å²) in [5.74, 6) is 0.463. The Bertz CT molecular complexity index is 1020. The number of amides is 1. The molecule has 2 atom stereocenters. The first-order valence-corrected chi connectivity index (χ1v) is 9.51. The molecule has 0 aliphatic carbocycles. The maximum Gasteiger partial charge on any atom is 0.227 e. The average Bonchev–Trinajstić information content (AvgIpc) is 3.04. The van der Waals surface area contributed by atoms with Crippen LogP contribution in [0.3, 0.4) is 0 Å². The van der Waals surface area contributed by atoms with Crippen LogP contribution in [-0.2, 0) is 17.6 Å². The maximum atomic E-state index is 13.2. The molecule has 140 valence electrons. The predicted octanol–water partition coefficient (Wildman–Crippen LogP) is 3.51. The molecule has 2 aliphatic rings. The Hall–Kier alpha value is -3.15. The van der Waals surface area contributed by atoms with Crippen molar-refractivity contribution in [3.8, 4) is 11.4 Å². The fourth-order valence-corrected chi connectivity index (χ4v) is 4.36. The van der Waals surface area contributed by atoms with Crippen molar-refractivity contribution in [3.05, 3.63) is 77.6 Å². The Kier molecular flexibility index (Phi) is 4.11. The van der Waals surface area contributed by atoms with E-state index in [9.17, 15) is 9.18 Å². The van der Waals surface area contributed by atoms with Gasteiger partial charge in [-0.1, -0.05) is 6.07 Å². The third-order valence-corrected chi connectivity index (χ3v) is 5.66. The average molecular weight is 374 g/mol. The van der Waals surface area contributed by atoms with Gasteiger partial charge in [-0.3, -0.25) is 9.78 Å². The molecule has 0 N–H and O–H groups in total. The third-order valence-electron chi connectivity index (χ3n) is 5.66. The van der Waals surface area contributed by atoms with E-state index >= 15 is 0 Å². The summed E-state index contributed by atoms with van der Waals surface area (Å²) in [7, 11) is 0. The Balaban J connectivity index is 1.42. The van der Waals surface area contributed by atoms with Crippen LogP contribution in [-0.4, -0.2) is 31.8 Å². The van der Waals surface area contributed by atoms with E-state index in [0.29, 0.717) is 12.2 Å². The van der Waals surface area contributed by atoms with Crippen LogP contribution in [0.4, 0.5) is 4.39 Å². The van der Waals surface area contributed by atoms with Gasteiger partial charge in [-0.05, 0) is 48.7 Å². The Labute approximate surface area is 162 Å². The number of hydrogen-bond acceptors (Lipinski definition) is 4. The largest absolute Gasteiger partial charge is 0.332 e. The van der Waals surface area contributed by atoms with Crippen LogP contribution in [0.15, 0.2) is 55.0 Å². The Morgan fingerprint density at radius 2 is 2.00 bits per heavy atom. The van der Waals surface area contributed by atoms with Crippen LogP contribution < -0.4 is 0 Å². The molecule has 1 fully saturated rings. The van der Waals surface area contributed by atoms with Crippen LogP contribution in [0.25, 0.3) is 11.4 Å². The van der Waals surface area contributed by atoms with Gasteiger partial charge in [0.25, 0.3) is 0 Å². The van der Waals surface area contributed by atoms with Gasteiger partial charge in [0.15, 0.2) is 5.82 Å². The number of nitrogens with zero attached hydrogens (tertiary/aromatic N) is 4. The van der Waals surface area contributed by atoms with Crippen molar-refractivity contribution in [2.75, 3.05) is 0 Å². The van der Waals surface area contributed by atoms with Gasteiger partial charge in [0.2, 0.25) is 5.91 Å². The Morgan fingerprint density at radius 3 is 2.79 bits per heavy atom. The predicted molar refractivity (Wildman–Crippen MR) is 102 cm³/mol. The van der Waals surface area contributed by atoms with Crippen molar-refractivity contribution in [3.63, 3.8) is 0 Å². The van der Waals surface area contributed by atoms with Gasteiger partial charge in [-0.25, -0.2) is 14.4 Å². The molecule has 1 saturated heterocycles. The second kappa shape index (κ2) is 6.78. The van der Waals surface area contributed by atoms with E-state index in [-0.39, 0.29) is 23.8 Å². The van der Waals surface area contributed by atoms with E-state index < -0.39 is 0 Å². The van der Waals surface area contributed by atoms with Crippen molar-refractivity contribution in [1.82, 2.24) is 19.9 Å². The normalized spacial score (nSPS) is 20.1. The van der Waals surface area contributed by atoms with Crippen molar-refractivity contribution in [2.24, 2.45) is 0 Å². The van der Waals surface area contributed by atoms with Crippen molar-refractivity contribution in [1.29, 1.82) is 0 Å². The first-order chi connectivity index (χ1) is 13.7. The number of fused-ring (bicyclic) bond motifs is 4. The van der Waals surface area contributed by atoms with Crippen LogP contribution in [0.2, 0.25) is 0 Å². The minimum Gasteiger partial charge on any atom is -0.332 e. The van der Waals surface area contributed by atoms with E-state index in [1.54, 1.807) is 24.5 Å². The summed E-state index contributed by atoms with van der Waals surface area (Å²) >= 11 is 0. The summed E-state index contributed by atoms with van der Waals surface area (Å²) in [4.78, 5) is 28.4. The van der Waals surface area contributed by atoms with Gasteiger partial charge < -0.3 is 4.90 Å². The summed E-state index contributed by atoms with van der Waals surface area (Å²) in [6.45, 7) is 0. The second-order valence-corrected chi connectivity index (χ2v) is 7.39. The standard InChI is InChI=1S/C22H19FN4O/c23-16-5-3-15(4-6-16)22-25-13-18-19(26-22)11-17-7-8-20(18)27(17)21(28)10-14-2-1-9-24-12-14/h1-6,9,12-13,17,20H,7-8,10-11H2. The van der Waals surface area contributed by atoms with Gasteiger partial charge in [-0.2, -0.15) is 0 Å². The molecule has 0 radical (unpaired) electrons. The van der Waals surface area contributed by atoms with Gasteiger partial charge in [0.1, 0.15) is 5.82 Å². The highest BCUT2D eigenvalue weighted by Gasteiger charge is 2.43. The molecule has 1 amide bonds. The molecule has 28 heavy (non-hydrogen) atoms. The van der Waals surface area contributed by atoms with Crippen LogP contribution in [0.5, 0.6) is 0 Å². The molecule has 5 rings (SSSR count). The topological polar surface area (TPSA) is 59.0 Å². The van der Waals surface area contributed by atoms with Gasteiger partial charge in [0.05, 0.1) is 18.2 Å². The lowest BCUT2D eigenvalue weighted by molar-refractivity contribution is -0.134. The lowest BCUT2D eigenvalue weighted by Gasteiger charge is -2.35. The zero-order chi connectivity index (χ0) is 19.1. The number of benzene rings is 1. The first kappa shape index (κ1) is 17.0. The van der Waals surface area contributed by atoms with Crippen LogP contribution in [0, 0.1) is 5.82 Å². The summed E-state index contributed by atoms with van der Waals surface area (Å²) in [6, 6.07) is 10.2. The van der Waals surface area contributed by atoms with E-state index in [0.717, 1.165) is 41.6 Å². The molecule has 6 heteroatoms. The minimum absolute atomic E-state index is 0.0418. The molecule has 0 saturated carbocycles. The van der Waals surface area contributed by atoms with Crippen LogP contribution in [0.1, 0.15) is 35.7 Å². The number of pyridine rings is 1. The molecule has 1 aromatic carbocycles. The highest BCUT2D eigenvalue weighted by atomic mass is 19.1.